The first-order valence-corrected chi connectivity index (χ1v) is 16.6. The third-order valence-electron chi connectivity index (χ3n) is 7.14. The maximum atomic E-state index is 14.0. The first-order valence-electron chi connectivity index (χ1n) is 14.0. The van der Waals surface area contributed by atoms with Crippen molar-refractivity contribution in [2.24, 2.45) is 0 Å². The number of nitrogens with one attached hydrogen (secondary N) is 1. The number of benzene rings is 3. The molecule has 10 heteroatoms. The number of sulfonamides is 1. The lowest BCUT2D eigenvalue weighted by molar-refractivity contribution is -0.141. The van der Waals surface area contributed by atoms with Gasteiger partial charge in [0.25, 0.3) is 0 Å². The van der Waals surface area contributed by atoms with Crippen molar-refractivity contribution in [3.63, 3.8) is 0 Å². The minimum Gasteiger partial charge on any atom is -0.352 e. The van der Waals surface area contributed by atoms with E-state index in [1.54, 1.807) is 30.3 Å². The lowest BCUT2D eigenvalue weighted by Crippen LogP contribution is -2.52. The van der Waals surface area contributed by atoms with E-state index in [9.17, 15) is 18.0 Å². The van der Waals surface area contributed by atoms with Gasteiger partial charge in [0.2, 0.25) is 21.8 Å². The molecule has 0 aliphatic rings. The van der Waals surface area contributed by atoms with Crippen LogP contribution in [0.5, 0.6) is 0 Å². The van der Waals surface area contributed by atoms with E-state index in [1.165, 1.54) is 9.21 Å². The second-order valence-electron chi connectivity index (χ2n) is 10.5. The van der Waals surface area contributed by atoms with Crippen molar-refractivity contribution in [2.45, 2.75) is 65.1 Å². The topological polar surface area (TPSA) is 86.8 Å². The van der Waals surface area contributed by atoms with Crippen LogP contribution >= 0.6 is 23.2 Å². The number of halogens is 2. The molecule has 0 saturated carbocycles. The van der Waals surface area contributed by atoms with Gasteiger partial charge >= 0.3 is 0 Å². The summed E-state index contributed by atoms with van der Waals surface area (Å²) < 4.78 is 26.5. The molecule has 0 unspecified atom stereocenters. The van der Waals surface area contributed by atoms with E-state index >= 15 is 0 Å². The van der Waals surface area contributed by atoms with Crippen molar-refractivity contribution >= 4 is 50.7 Å². The van der Waals surface area contributed by atoms with Crippen molar-refractivity contribution in [1.82, 2.24) is 10.2 Å². The van der Waals surface area contributed by atoms with Gasteiger partial charge in [0, 0.05) is 47.6 Å². The highest BCUT2D eigenvalue weighted by molar-refractivity contribution is 7.92. The van der Waals surface area contributed by atoms with E-state index in [0.29, 0.717) is 21.3 Å². The van der Waals surface area contributed by atoms with Crippen molar-refractivity contribution in [1.29, 1.82) is 0 Å². The molecule has 0 aliphatic carbocycles. The molecule has 0 heterocycles. The molecular weight excluding hydrogens is 593 g/mol. The van der Waals surface area contributed by atoms with Gasteiger partial charge in [-0.25, -0.2) is 8.42 Å². The zero-order valence-corrected chi connectivity index (χ0v) is 26.8. The van der Waals surface area contributed by atoms with Gasteiger partial charge in [-0.1, -0.05) is 84.2 Å². The Balaban J connectivity index is 1.93. The molecule has 0 aromatic heterocycles. The molecule has 42 heavy (non-hydrogen) atoms. The van der Waals surface area contributed by atoms with Crippen LogP contribution in [0.1, 0.15) is 49.8 Å². The first-order chi connectivity index (χ1) is 19.9. The molecule has 3 rings (SSSR count). The predicted molar refractivity (Wildman–Crippen MR) is 171 cm³/mol. The van der Waals surface area contributed by atoms with E-state index in [1.807, 2.05) is 63.2 Å². The highest BCUT2D eigenvalue weighted by Crippen LogP contribution is 2.28. The maximum Gasteiger partial charge on any atom is 0.243 e. The van der Waals surface area contributed by atoms with Crippen LogP contribution in [0.15, 0.2) is 72.8 Å². The van der Waals surface area contributed by atoms with Gasteiger partial charge in [-0.15, -0.1) is 0 Å². The van der Waals surface area contributed by atoms with Gasteiger partial charge in [-0.2, -0.15) is 0 Å². The lowest BCUT2D eigenvalue weighted by Gasteiger charge is -2.33. The van der Waals surface area contributed by atoms with E-state index in [0.717, 1.165) is 23.8 Å². The van der Waals surface area contributed by atoms with Gasteiger partial charge in [0.05, 0.1) is 11.9 Å². The Labute approximate surface area is 259 Å². The second kappa shape index (κ2) is 15.4. The van der Waals surface area contributed by atoms with Crippen LogP contribution < -0.4 is 9.62 Å². The molecule has 0 fully saturated rings. The number of nitrogens with zero attached hydrogens (tertiary/aromatic N) is 2. The monoisotopic (exact) mass is 631 g/mol. The smallest absolute Gasteiger partial charge is 0.243 e. The van der Waals surface area contributed by atoms with Crippen LogP contribution in [0.2, 0.25) is 10.0 Å². The molecule has 3 aromatic carbocycles. The molecule has 226 valence electrons. The van der Waals surface area contributed by atoms with E-state index in [4.69, 9.17) is 23.2 Å². The molecule has 1 N–H and O–H groups in total. The van der Waals surface area contributed by atoms with Crippen LogP contribution in [0.4, 0.5) is 5.69 Å². The Kier molecular flexibility index (Phi) is 12.3. The Hall–Kier alpha value is -3.07. The van der Waals surface area contributed by atoms with E-state index < -0.39 is 16.1 Å². The molecule has 0 saturated heterocycles. The van der Waals surface area contributed by atoms with Gasteiger partial charge in [-0.3, -0.25) is 13.9 Å². The molecule has 0 spiro atoms. The number of hydrogen-bond donors (Lipinski definition) is 1. The normalized spacial score (nSPS) is 12.8. The van der Waals surface area contributed by atoms with E-state index in [-0.39, 0.29) is 50.2 Å². The molecular formula is C32H39Cl2N3O4S. The van der Waals surface area contributed by atoms with Crippen LogP contribution in [0, 0.1) is 6.92 Å². The summed E-state index contributed by atoms with van der Waals surface area (Å²) in [5.74, 6) is -0.578. The number of carbonyl (C=O) groups is 2. The second-order valence-corrected chi connectivity index (χ2v) is 13.2. The summed E-state index contributed by atoms with van der Waals surface area (Å²) in [5, 5.41) is 3.82. The predicted octanol–water partition coefficient (Wildman–Crippen LogP) is 6.40. The Morgan fingerprint density at radius 1 is 0.929 bits per heavy atom. The number of aryl methyl sites for hydroxylation is 1. The first kappa shape index (κ1) is 33.4. The largest absolute Gasteiger partial charge is 0.352 e. The number of hydrogen-bond acceptors (Lipinski definition) is 4. The number of anilines is 1. The van der Waals surface area contributed by atoms with Gasteiger partial charge in [0.15, 0.2) is 0 Å². The molecule has 7 nitrogen and oxygen atoms in total. The summed E-state index contributed by atoms with van der Waals surface area (Å²) in [6.45, 7) is 5.95. The molecule has 0 aliphatic heterocycles. The fourth-order valence-electron chi connectivity index (χ4n) is 4.56. The SMILES string of the molecule is CC[C@@H](C)NC(=O)[C@@H](Cc1ccccc1)N(Cc1c(Cl)cccc1Cl)C(=O)CCCN(c1ccc(C)cc1)S(C)(=O)=O. The summed E-state index contributed by atoms with van der Waals surface area (Å²) in [7, 11) is -3.59. The Morgan fingerprint density at radius 2 is 1.55 bits per heavy atom. The van der Waals surface area contributed by atoms with Crippen LogP contribution in [0.3, 0.4) is 0 Å². The average molecular weight is 633 g/mol. The van der Waals surface area contributed by atoms with Crippen molar-refractivity contribution in [2.75, 3.05) is 17.1 Å². The zero-order chi connectivity index (χ0) is 30.9. The third kappa shape index (κ3) is 9.48. The Bertz CT molecular complexity index is 1430. The minimum atomic E-state index is -3.59. The zero-order valence-electron chi connectivity index (χ0n) is 24.5. The summed E-state index contributed by atoms with van der Waals surface area (Å²) in [6.07, 6.45) is 2.43. The summed E-state index contributed by atoms with van der Waals surface area (Å²) in [6, 6.07) is 20.9. The van der Waals surface area contributed by atoms with Gasteiger partial charge < -0.3 is 10.2 Å². The number of amides is 2. The number of rotatable bonds is 14. The molecule has 0 radical (unpaired) electrons. The van der Waals surface area contributed by atoms with Crippen molar-refractivity contribution in [3.05, 3.63) is 99.5 Å². The average Bonchev–Trinajstić information content (AvgIpc) is 2.94. The molecule has 2 atom stereocenters. The van der Waals surface area contributed by atoms with Crippen molar-refractivity contribution in [3.8, 4) is 0 Å². The Morgan fingerprint density at radius 3 is 2.12 bits per heavy atom. The fourth-order valence-corrected chi connectivity index (χ4v) is 6.05. The molecule has 2 amide bonds. The van der Waals surface area contributed by atoms with E-state index in [2.05, 4.69) is 5.32 Å². The van der Waals surface area contributed by atoms with Crippen molar-refractivity contribution < 1.29 is 18.0 Å². The minimum absolute atomic E-state index is 0.0157. The summed E-state index contributed by atoms with van der Waals surface area (Å²) >= 11 is 13.0. The lowest BCUT2D eigenvalue weighted by atomic mass is 10.0. The fraction of sp³-hybridized carbons (Fsp3) is 0.375. The van der Waals surface area contributed by atoms with Gasteiger partial charge in [-0.05, 0) is 56.5 Å². The van der Waals surface area contributed by atoms with Crippen LogP contribution in [-0.4, -0.2) is 50.0 Å². The van der Waals surface area contributed by atoms with Gasteiger partial charge in [0.1, 0.15) is 6.04 Å². The summed E-state index contributed by atoms with van der Waals surface area (Å²) in [4.78, 5) is 29.2. The standard InChI is InChI=1S/C32H39Cl2N3O4S/c1-5-24(3)35-32(39)30(21-25-11-7-6-8-12-25)36(22-27-28(33)13-9-14-29(27)34)31(38)15-10-20-37(42(4,40)41)26-18-16-23(2)17-19-26/h6-9,11-14,16-19,24,30H,5,10,15,20-22H2,1-4H3,(H,35,39)/t24-,30-/m1/s1. The highest BCUT2D eigenvalue weighted by Gasteiger charge is 2.32. The quantitative estimate of drug-likeness (QED) is 0.223. The van der Waals surface area contributed by atoms with Crippen LogP contribution in [-0.2, 0) is 32.6 Å². The molecule has 0 bridgehead atoms. The molecule has 3 aromatic rings. The highest BCUT2D eigenvalue weighted by atomic mass is 35.5. The summed E-state index contributed by atoms with van der Waals surface area (Å²) in [5.41, 5.74) is 2.98. The van der Waals surface area contributed by atoms with Crippen LogP contribution in [0.25, 0.3) is 0 Å². The third-order valence-corrected chi connectivity index (χ3v) is 9.04. The maximum absolute atomic E-state index is 14.0. The number of carbonyl (C=O) groups excluding carboxylic acids is 2.